The Labute approximate surface area is 78.9 Å². The Bertz CT molecular complexity index is 182. The fourth-order valence-electron chi connectivity index (χ4n) is 1.67. The Kier molecular flexibility index (Phi) is 3.69. The number of likely N-dealkylation sites (N-methyl/N-ethyl adjacent to an activating group) is 1. The molecule has 1 fully saturated rings. The Morgan fingerprint density at radius 3 is 2.92 bits per heavy atom. The van der Waals surface area contributed by atoms with Crippen LogP contribution in [0.5, 0.6) is 0 Å². The summed E-state index contributed by atoms with van der Waals surface area (Å²) in [5, 5.41) is 12.2. The standard InChI is InChI=1S/C9H18N2O2/c1-7(12)8-3-4-11(6-8)9(13)5-10-2/h7-8,10,12H,3-6H2,1-2H3. The number of likely N-dealkylation sites (tertiary alicyclic amines) is 1. The number of carbonyl (C=O) groups excluding carboxylic acids is 1. The molecule has 2 atom stereocenters. The largest absolute Gasteiger partial charge is 0.393 e. The molecule has 4 heteroatoms. The van der Waals surface area contributed by atoms with Crippen LogP contribution in [0.1, 0.15) is 13.3 Å². The van der Waals surface area contributed by atoms with Crippen LogP contribution in [0.2, 0.25) is 0 Å². The number of nitrogens with one attached hydrogen (secondary N) is 1. The van der Waals surface area contributed by atoms with Gasteiger partial charge in [-0.1, -0.05) is 0 Å². The molecule has 1 heterocycles. The van der Waals surface area contributed by atoms with E-state index in [9.17, 15) is 9.90 Å². The first-order valence-electron chi connectivity index (χ1n) is 4.75. The molecule has 0 aliphatic carbocycles. The van der Waals surface area contributed by atoms with E-state index in [0.29, 0.717) is 13.1 Å². The molecule has 2 N–H and O–H groups in total. The summed E-state index contributed by atoms with van der Waals surface area (Å²) in [7, 11) is 1.76. The molecule has 4 nitrogen and oxygen atoms in total. The third-order valence-corrected chi connectivity index (χ3v) is 2.59. The molecule has 0 aromatic carbocycles. The number of hydrogen-bond acceptors (Lipinski definition) is 3. The number of nitrogens with zero attached hydrogens (tertiary/aromatic N) is 1. The second-order valence-corrected chi connectivity index (χ2v) is 3.66. The zero-order chi connectivity index (χ0) is 9.84. The first-order valence-corrected chi connectivity index (χ1v) is 4.75. The van der Waals surface area contributed by atoms with Crippen LogP contribution in [-0.2, 0) is 4.79 Å². The van der Waals surface area contributed by atoms with Crippen molar-refractivity contribution in [3.8, 4) is 0 Å². The molecule has 1 rings (SSSR count). The minimum atomic E-state index is -0.299. The van der Waals surface area contributed by atoms with Gasteiger partial charge >= 0.3 is 0 Å². The van der Waals surface area contributed by atoms with E-state index < -0.39 is 0 Å². The minimum absolute atomic E-state index is 0.130. The van der Waals surface area contributed by atoms with Crippen molar-refractivity contribution in [2.45, 2.75) is 19.4 Å². The van der Waals surface area contributed by atoms with Gasteiger partial charge in [0, 0.05) is 19.0 Å². The third-order valence-electron chi connectivity index (χ3n) is 2.59. The molecule has 13 heavy (non-hydrogen) atoms. The van der Waals surface area contributed by atoms with Gasteiger partial charge in [0.25, 0.3) is 0 Å². The van der Waals surface area contributed by atoms with Gasteiger partial charge in [-0.3, -0.25) is 4.79 Å². The second-order valence-electron chi connectivity index (χ2n) is 3.66. The molecule has 0 bridgehead atoms. The lowest BCUT2D eigenvalue weighted by molar-refractivity contribution is -0.129. The highest BCUT2D eigenvalue weighted by Crippen LogP contribution is 2.19. The van der Waals surface area contributed by atoms with E-state index in [0.717, 1.165) is 13.0 Å². The minimum Gasteiger partial charge on any atom is -0.393 e. The van der Waals surface area contributed by atoms with E-state index in [4.69, 9.17) is 0 Å². The zero-order valence-electron chi connectivity index (χ0n) is 8.29. The fourth-order valence-corrected chi connectivity index (χ4v) is 1.67. The van der Waals surface area contributed by atoms with E-state index in [-0.39, 0.29) is 17.9 Å². The summed E-state index contributed by atoms with van der Waals surface area (Å²) in [6.45, 7) is 3.68. The number of aliphatic hydroxyl groups is 1. The van der Waals surface area contributed by atoms with Crippen molar-refractivity contribution in [2.24, 2.45) is 5.92 Å². The van der Waals surface area contributed by atoms with E-state index in [1.54, 1.807) is 14.0 Å². The van der Waals surface area contributed by atoms with Crippen LogP contribution in [0.4, 0.5) is 0 Å². The average Bonchev–Trinajstić information content (AvgIpc) is 2.52. The van der Waals surface area contributed by atoms with Crippen molar-refractivity contribution >= 4 is 5.91 Å². The predicted octanol–water partition coefficient (Wildman–Crippen LogP) is -0.565. The van der Waals surface area contributed by atoms with Crippen molar-refractivity contribution in [1.29, 1.82) is 0 Å². The topological polar surface area (TPSA) is 52.6 Å². The number of aliphatic hydroxyl groups excluding tert-OH is 1. The maximum absolute atomic E-state index is 11.4. The van der Waals surface area contributed by atoms with Crippen LogP contribution in [0.15, 0.2) is 0 Å². The molecular weight excluding hydrogens is 168 g/mol. The summed E-state index contributed by atoms with van der Waals surface area (Å²) in [5.41, 5.74) is 0. The summed E-state index contributed by atoms with van der Waals surface area (Å²) in [5.74, 6) is 0.395. The lowest BCUT2D eigenvalue weighted by atomic mass is 10.0. The molecule has 1 aliphatic rings. The van der Waals surface area contributed by atoms with Crippen molar-refractivity contribution in [3.05, 3.63) is 0 Å². The number of carbonyl (C=O) groups is 1. The molecule has 1 amide bonds. The molecule has 1 saturated heterocycles. The van der Waals surface area contributed by atoms with Crippen LogP contribution in [0.3, 0.4) is 0 Å². The summed E-state index contributed by atoms with van der Waals surface area (Å²) in [6, 6.07) is 0. The van der Waals surface area contributed by atoms with E-state index >= 15 is 0 Å². The average molecular weight is 186 g/mol. The molecule has 2 unspecified atom stereocenters. The summed E-state index contributed by atoms with van der Waals surface area (Å²) in [6.07, 6.45) is 0.625. The Morgan fingerprint density at radius 2 is 2.46 bits per heavy atom. The van der Waals surface area contributed by atoms with Gasteiger partial charge in [0.2, 0.25) is 5.91 Å². The molecule has 0 aromatic heterocycles. The number of hydrogen-bond donors (Lipinski definition) is 2. The normalized spacial score (nSPS) is 24.8. The van der Waals surface area contributed by atoms with Gasteiger partial charge in [-0.2, -0.15) is 0 Å². The summed E-state index contributed by atoms with van der Waals surface area (Å²) in [4.78, 5) is 13.2. The quantitative estimate of drug-likeness (QED) is 0.621. The molecular formula is C9H18N2O2. The Balaban J connectivity index is 2.36. The van der Waals surface area contributed by atoms with Crippen LogP contribution in [-0.4, -0.2) is 48.7 Å². The second kappa shape index (κ2) is 4.58. The molecule has 1 aliphatic heterocycles. The number of rotatable bonds is 3. The highest BCUT2D eigenvalue weighted by atomic mass is 16.3. The molecule has 0 radical (unpaired) electrons. The number of amides is 1. The Hall–Kier alpha value is -0.610. The van der Waals surface area contributed by atoms with Crippen LogP contribution < -0.4 is 5.32 Å². The van der Waals surface area contributed by atoms with Crippen molar-refractivity contribution in [3.63, 3.8) is 0 Å². The first kappa shape index (κ1) is 10.5. The van der Waals surface area contributed by atoms with Crippen LogP contribution in [0.25, 0.3) is 0 Å². The van der Waals surface area contributed by atoms with Gasteiger partial charge in [-0.05, 0) is 20.4 Å². The van der Waals surface area contributed by atoms with Crippen LogP contribution >= 0.6 is 0 Å². The SMILES string of the molecule is CNCC(=O)N1CCC(C(C)O)C1. The van der Waals surface area contributed by atoms with Gasteiger partial charge in [0.1, 0.15) is 0 Å². The third kappa shape index (κ3) is 2.67. The zero-order valence-corrected chi connectivity index (χ0v) is 8.29. The van der Waals surface area contributed by atoms with Gasteiger partial charge in [-0.15, -0.1) is 0 Å². The van der Waals surface area contributed by atoms with Crippen LogP contribution in [0, 0.1) is 5.92 Å². The first-order chi connectivity index (χ1) is 6.15. The summed E-state index contributed by atoms with van der Waals surface area (Å²) >= 11 is 0. The molecule has 0 aromatic rings. The van der Waals surface area contributed by atoms with Gasteiger partial charge in [0.05, 0.1) is 12.6 Å². The maximum Gasteiger partial charge on any atom is 0.236 e. The van der Waals surface area contributed by atoms with E-state index in [1.807, 2.05) is 4.90 Å². The predicted molar refractivity (Wildman–Crippen MR) is 50.3 cm³/mol. The molecule has 0 saturated carbocycles. The summed E-state index contributed by atoms with van der Waals surface area (Å²) < 4.78 is 0. The van der Waals surface area contributed by atoms with Crippen molar-refractivity contribution in [2.75, 3.05) is 26.7 Å². The fraction of sp³-hybridized carbons (Fsp3) is 0.889. The van der Waals surface area contributed by atoms with E-state index in [1.165, 1.54) is 0 Å². The molecule has 0 spiro atoms. The molecule has 76 valence electrons. The smallest absolute Gasteiger partial charge is 0.236 e. The monoisotopic (exact) mass is 186 g/mol. The van der Waals surface area contributed by atoms with Crippen molar-refractivity contribution in [1.82, 2.24) is 10.2 Å². The highest BCUT2D eigenvalue weighted by molar-refractivity contribution is 5.78. The van der Waals surface area contributed by atoms with Gasteiger partial charge < -0.3 is 15.3 Å². The Morgan fingerprint density at radius 1 is 1.77 bits per heavy atom. The van der Waals surface area contributed by atoms with Gasteiger partial charge in [0.15, 0.2) is 0 Å². The lowest BCUT2D eigenvalue weighted by Crippen LogP contribution is -2.36. The van der Waals surface area contributed by atoms with Crippen molar-refractivity contribution < 1.29 is 9.90 Å². The lowest BCUT2D eigenvalue weighted by Gasteiger charge is -2.17. The van der Waals surface area contributed by atoms with Gasteiger partial charge in [-0.25, -0.2) is 0 Å². The maximum atomic E-state index is 11.4. The van der Waals surface area contributed by atoms with E-state index in [2.05, 4.69) is 5.32 Å². The highest BCUT2D eigenvalue weighted by Gasteiger charge is 2.28.